The third-order valence-corrected chi connectivity index (χ3v) is 16.0. The minimum atomic E-state index is -0.0326. The molecular formula is C66H51NS. The first-order valence-electron chi connectivity index (χ1n) is 23.8. The molecule has 9 aromatic rings. The monoisotopic (exact) mass is 889 g/mol. The van der Waals surface area contributed by atoms with Crippen LogP contribution in [-0.2, 0) is 18.3 Å². The van der Waals surface area contributed by atoms with E-state index in [2.05, 4.69) is 233 Å². The Morgan fingerprint density at radius 2 is 1.22 bits per heavy atom. The lowest BCUT2D eigenvalue weighted by atomic mass is 9.82. The number of anilines is 2. The van der Waals surface area contributed by atoms with Crippen molar-refractivity contribution in [2.24, 2.45) is 0 Å². The van der Waals surface area contributed by atoms with Gasteiger partial charge in [0.05, 0.1) is 0 Å². The first kappa shape index (κ1) is 41.6. The van der Waals surface area contributed by atoms with Crippen molar-refractivity contribution in [3.05, 3.63) is 264 Å². The molecule has 0 atom stereocenters. The van der Waals surface area contributed by atoms with E-state index >= 15 is 0 Å². The highest BCUT2D eigenvalue weighted by Crippen LogP contribution is 2.54. The average molecular weight is 890 g/mol. The van der Waals surface area contributed by atoms with Crippen LogP contribution in [-0.4, -0.2) is 0 Å². The number of thiophene rings is 1. The molecule has 1 aromatic heterocycles. The Kier molecular flexibility index (Phi) is 10.1. The molecule has 3 aliphatic carbocycles. The van der Waals surface area contributed by atoms with Gasteiger partial charge in [0, 0.05) is 48.7 Å². The summed E-state index contributed by atoms with van der Waals surface area (Å²) in [6.45, 7) is 15.2. The molecule has 8 aromatic carbocycles. The standard InChI is InChI=1S/C66H51NS/c1-6-16-42(50-21-13-24-54-49(8-3)45(17-7-2)40-59(50)54)38-39-67(47-32-28-43(29-33-47)51-22-14-25-55-52-19-10-9-18-46(52)41-60(51)55)48-34-30-44(31-35-48)53-23-15-26-56-57-36-37-62-63(65(57)68-64(53)56)58-20-11-12-27-61(58)66(62,4)5/h6-39H,1,3,40-41H2,2,4-5H3/b17-7-,39-38-,42-16+. The molecule has 0 spiro atoms. The van der Waals surface area contributed by atoms with Gasteiger partial charge in [-0.3, -0.25) is 0 Å². The molecule has 1 nitrogen and oxygen atoms in total. The Hall–Kier alpha value is -7.78. The molecule has 0 saturated heterocycles. The van der Waals surface area contributed by atoms with Gasteiger partial charge in [0.2, 0.25) is 0 Å². The smallest absolute Gasteiger partial charge is 0.0455 e. The predicted molar refractivity (Wildman–Crippen MR) is 294 cm³/mol. The molecule has 1 heterocycles. The first-order chi connectivity index (χ1) is 33.4. The lowest BCUT2D eigenvalue weighted by Gasteiger charge is -2.22. The third-order valence-electron chi connectivity index (χ3n) is 14.7. The van der Waals surface area contributed by atoms with Crippen molar-refractivity contribution in [2.45, 2.75) is 39.0 Å². The summed E-state index contributed by atoms with van der Waals surface area (Å²) in [6.07, 6.45) is 16.7. The second-order valence-corrected chi connectivity index (χ2v) is 19.8. The summed E-state index contributed by atoms with van der Waals surface area (Å²) in [7, 11) is 0. The minimum absolute atomic E-state index is 0.0326. The summed E-state index contributed by atoms with van der Waals surface area (Å²) in [6, 6.07) is 61.0. The van der Waals surface area contributed by atoms with Gasteiger partial charge >= 0.3 is 0 Å². The molecule has 12 rings (SSSR count). The van der Waals surface area contributed by atoms with Crippen molar-refractivity contribution in [3.8, 4) is 44.5 Å². The largest absolute Gasteiger partial charge is 0.317 e. The molecule has 0 fully saturated rings. The fraction of sp³-hybridized carbons (Fsp3) is 0.0909. The normalized spacial score (nSPS) is 14.4. The number of hydrogen-bond donors (Lipinski definition) is 0. The van der Waals surface area contributed by atoms with Crippen LogP contribution in [0.4, 0.5) is 11.4 Å². The molecular weight excluding hydrogens is 839 g/mol. The molecule has 68 heavy (non-hydrogen) atoms. The number of fused-ring (bicyclic) bond motifs is 11. The van der Waals surface area contributed by atoms with Crippen LogP contribution in [0.5, 0.6) is 0 Å². The molecule has 0 radical (unpaired) electrons. The Morgan fingerprint density at radius 1 is 0.574 bits per heavy atom. The second-order valence-electron chi connectivity index (χ2n) is 18.8. The topological polar surface area (TPSA) is 3.24 Å². The number of allylic oxidation sites excluding steroid dienone is 9. The number of hydrogen-bond acceptors (Lipinski definition) is 2. The quantitative estimate of drug-likeness (QED) is 0.124. The zero-order valence-corrected chi connectivity index (χ0v) is 39.6. The van der Waals surface area contributed by atoms with Crippen LogP contribution in [0.2, 0.25) is 0 Å². The van der Waals surface area contributed by atoms with Crippen LogP contribution in [0.3, 0.4) is 0 Å². The molecule has 0 amide bonds. The van der Waals surface area contributed by atoms with Crippen molar-refractivity contribution >= 4 is 54.0 Å². The van der Waals surface area contributed by atoms with Gasteiger partial charge in [-0.2, -0.15) is 0 Å². The van der Waals surface area contributed by atoms with E-state index in [-0.39, 0.29) is 5.41 Å². The van der Waals surface area contributed by atoms with E-state index < -0.39 is 0 Å². The van der Waals surface area contributed by atoms with E-state index in [9.17, 15) is 0 Å². The van der Waals surface area contributed by atoms with E-state index in [1.165, 1.54) is 115 Å². The van der Waals surface area contributed by atoms with Crippen molar-refractivity contribution in [1.82, 2.24) is 0 Å². The fourth-order valence-corrected chi connectivity index (χ4v) is 12.9. The van der Waals surface area contributed by atoms with Gasteiger partial charge in [0.15, 0.2) is 0 Å². The van der Waals surface area contributed by atoms with Crippen molar-refractivity contribution < 1.29 is 0 Å². The summed E-state index contributed by atoms with van der Waals surface area (Å²) in [5.74, 6) is 0. The summed E-state index contributed by atoms with van der Waals surface area (Å²) in [4.78, 5) is 2.32. The van der Waals surface area contributed by atoms with Gasteiger partial charge in [-0.25, -0.2) is 0 Å². The Labute approximate surface area is 404 Å². The van der Waals surface area contributed by atoms with Gasteiger partial charge < -0.3 is 4.90 Å². The first-order valence-corrected chi connectivity index (χ1v) is 24.6. The molecule has 0 unspecified atom stereocenters. The van der Waals surface area contributed by atoms with Crippen molar-refractivity contribution in [1.29, 1.82) is 0 Å². The molecule has 2 heteroatoms. The van der Waals surface area contributed by atoms with Gasteiger partial charge in [-0.05, 0) is 145 Å². The molecule has 0 N–H and O–H groups in total. The zero-order chi connectivity index (χ0) is 46.1. The van der Waals surface area contributed by atoms with Gasteiger partial charge in [0.25, 0.3) is 0 Å². The van der Waals surface area contributed by atoms with Crippen molar-refractivity contribution in [3.63, 3.8) is 0 Å². The van der Waals surface area contributed by atoms with Crippen LogP contribution >= 0.6 is 11.3 Å². The van der Waals surface area contributed by atoms with E-state index in [0.29, 0.717) is 0 Å². The van der Waals surface area contributed by atoms with Crippen LogP contribution < -0.4 is 4.90 Å². The maximum Gasteiger partial charge on any atom is 0.0455 e. The summed E-state index contributed by atoms with van der Waals surface area (Å²) < 4.78 is 2.71. The van der Waals surface area contributed by atoms with Crippen LogP contribution in [0.25, 0.3) is 75.8 Å². The van der Waals surface area contributed by atoms with E-state index in [1.807, 2.05) is 23.5 Å². The highest BCUT2D eigenvalue weighted by molar-refractivity contribution is 7.27. The minimum Gasteiger partial charge on any atom is -0.317 e. The van der Waals surface area contributed by atoms with Gasteiger partial charge in [0.1, 0.15) is 0 Å². The summed E-state index contributed by atoms with van der Waals surface area (Å²) in [5.41, 5.74) is 25.6. The van der Waals surface area contributed by atoms with Gasteiger partial charge in [-0.1, -0.05) is 197 Å². The van der Waals surface area contributed by atoms with Crippen LogP contribution in [0.15, 0.2) is 225 Å². The summed E-state index contributed by atoms with van der Waals surface area (Å²) >= 11 is 1.94. The molecule has 0 bridgehead atoms. The maximum atomic E-state index is 4.20. The fourth-order valence-electron chi connectivity index (χ4n) is 11.5. The number of benzene rings is 8. The Morgan fingerprint density at radius 3 is 1.99 bits per heavy atom. The highest BCUT2D eigenvalue weighted by atomic mass is 32.1. The maximum absolute atomic E-state index is 4.20. The van der Waals surface area contributed by atoms with Gasteiger partial charge in [-0.15, -0.1) is 11.3 Å². The number of rotatable bonds is 10. The van der Waals surface area contributed by atoms with E-state index in [0.717, 1.165) is 29.8 Å². The Bertz CT molecular complexity index is 3670. The predicted octanol–water partition coefficient (Wildman–Crippen LogP) is 18.3. The van der Waals surface area contributed by atoms with Crippen LogP contribution in [0, 0.1) is 0 Å². The molecule has 3 aliphatic rings. The highest BCUT2D eigenvalue weighted by Gasteiger charge is 2.37. The third kappa shape index (κ3) is 6.58. The lowest BCUT2D eigenvalue weighted by Crippen LogP contribution is -2.14. The van der Waals surface area contributed by atoms with E-state index in [1.54, 1.807) is 0 Å². The molecule has 0 aliphatic heterocycles. The number of nitrogens with zero attached hydrogens (tertiary/aromatic N) is 1. The molecule has 326 valence electrons. The van der Waals surface area contributed by atoms with Crippen LogP contribution in [0.1, 0.15) is 59.7 Å². The second kappa shape index (κ2) is 16.5. The molecule has 0 saturated carbocycles. The lowest BCUT2D eigenvalue weighted by molar-refractivity contribution is 0.661. The Balaban J connectivity index is 0.941. The zero-order valence-electron chi connectivity index (χ0n) is 38.8. The van der Waals surface area contributed by atoms with E-state index in [4.69, 9.17) is 0 Å². The SMILES string of the molecule is C=C/C=C(\C=C/N(c1ccc(-c2cccc3c2Cc2ccccc2-3)cc1)c1ccc(-c2cccc3c2sc2c4c(ccc23)C(C)(C)c2ccccc2-4)cc1)c1cccc2c1CC(/C=C\C)=C2C=C. The average Bonchev–Trinajstić information content (AvgIpc) is 4.12. The summed E-state index contributed by atoms with van der Waals surface area (Å²) in [5, 5.41) is 2.65. The van der Waals surface area contributed by atoms with Crippen molar-refractivity contribution in [2.75, 3.05) is 4.90 Å².